The minimum Gasteiger partial charge on any atom is -0.262 e. The molecule has 5 heteroatoms. The Labute approximate surface area is 166 Å². The molecule has 28 heavy (non-hydrogen) atoms. The van der Waals surface area contributed by atoms with Crippen molar-refractivity contribution in [2.75, 3.05) is 4.31 Å². The molecule has 0 unspecified atom stereocenters. The minimum atomic E-state index is -3.82. The summed E-state index contributed by atoms with van der Waals surface area (Å²) in [5.41, 5.74) is 2.26. The second-order valence-electron chi connectivity index (χ2n) is 7.75. The van der Waals surface area contributed by atoms with Crippen LogP contribution in [0.1, 0.15) is 31.9 Å². The van der Waals surface area contributed by atoms with Crippen molar-refractivity contribution in [3.63, 3.8) is 0 Å². The third-order valence-electron chi connectivity index (χ3n) is 4.59. The molecular weight excluding hydrogens is 373 g/mol. The van der Waals surface area contributed by atoms with Gasteiger partial charge in [-0.3, -0.25) is 4.31 Å². The van der Waals surface area contributed by atoms with Crippen molar-refractivity contribution in [2.45, 2.75) is 37.6 Å². The maximum atomic E-state index is 13.4. The van der Waals surface area contributed by atoms with E-state index in [2.05, 4.69) is 20.8 Å². The van der Waals surface area contributed by atoms with Crippen molar-refractivity contribution < 1.29 is 12.8 Å². The van der Waals surface area contributed by atoms with Gasteiger partial charge in [-0.15, -0.1) is 0 Å². The molecule has 0 saturated carbocycles. The van der Waals surface area contributed by atoms with Crippen LogP contribution in [0, 0.1) is 5.82 Å². The first-order chi connectivity index (χ1) is 13.2. The fourth-order valence-corrected chi connectivity index (χ4v) is 4.38. The van der Waals surface area contributed by atoms with E-state index in [4.69, 9.17) is 0 Å². The summed E-state index contributed by atoms with van der Waals surface area (Å²) in [5, 5.41) is 0. The summed E-state index contributed by atoms with van der Waals surface area (Å²) in [7, 11) is -3.82. The highest BCUT2D eigenvalue weighted by Crippen LogP contribution is 2.28. The molecule has 3 aromatic carbocycles. The second kappa shape index (κ2) is 7.76. The van der Waals surface area contributed by atoms with Crippen LogP contribution in [0.2, 0.25) is 0 Å². The summed E-state index contributed by atoms with van der Waals surface area (Å²) in [5.74, 6) is -0.407. The lowest BCUT2D eigenvalue weighted by atomic mass is 9.87. The number of sulfonamides is 1. The van der Waals surface area contributed by atoms with E-state index in [0.29, 0.717) is 5.69 Å². The zero-order chi connectivity index (χ0) is 20.4. The van der Waals surface area contributed by atoms with Crippen molar-refractivity contribution >= 4 is 15.7 Å². The number of benzene rings is 3. The van der Waals surface area contributed by atoms with Crippen molar-refractivity contribution in [2.24, 2.45) is 0 Å². The average molecular weight is 398 g/mol. The Morgan fingerprint density at radius 1 is 0.821 bits per heavy atom. The number of hydrogen-bond acceptors (Lipinski definition) is 2. The van der Waals surface area contributed by atoms with Gasteiger partial charge in [-0.05, 0) is 52.9 Å². The molecule has 0 amide bonds. The molecule has 0 aliphatic rings. The lowest BCUT2D eigenvalue weighted by Gasteiger charge is -2.25. The van der Waals surface area contributed by atoms with Gasteiger partial charge in [-0.1, -0.05) is 63.2 Å². The van der Waals surface area contributed by atoms with Gasteiger partial charge in [0.15, 0.2) is 0 Å². The third-order valence-corrected chi connectivity index (χ3v) is 6.38. The SMILES string of the molecule is CC(C)(C)c1ccc(S(=O)(=O)N(Cc2ccccc2)c2ccc(F)cc2)cc1. The van der Waals surface area contributed by atoms with Crippen molar-refractivity contribution in [1.82, 2.24) is 0 Å². The van der Waals surface area contributed by atoms with Crippen LogP contribution in [0.25, 0.3) is 0 Å². The molecule has 3 rings (SSSR count). The predicted molar refractivity (Wildman–Crippen MR) is 111 cm³/mol. The summed E-state index contributed by atoms with van der Waals surface area (Å²) in [6.45, 7) is 6.40. The van der Waals surface area contributed by atoms with Crippen LogP contribution < -0.4 is 4.31 Å². The van der Waals surface area contributed by atoms with Gasteiger partial charge in [0.2, 0.25) is 0 Å². The van der Waals surface area contributed by atoms with Crippen LogP contribution in [0.5, 0.6) is 0 Å². The first-order valence-electron chi connectivity index (χ1n) is 9.11. The van der Waals surface area contributed by atoms with Gasteiger partial charge in [0, 0.05) is 0 Å². The molecule has 0 bridgehead atoms. The van der Waals surface area contributed by atoms with Gasteiger partial charge in [0.1, 0.15) is 5.82 Å². The van der Waals surface area contributed by atoms with Gasteiger partial charge in [-0.2, -0.15) is 0 Å². The number of hydrogen-bond donors (Lipinski definition) is 0. The highest BCUT2D eigenvalue weighted by Gasteiger charge is 2.26. The normalized spacial score (nSPS) is 12.0. The summed E-state index contributed by atoms with van der Waals surface area (Å²) < 4.78 is 41.5. The topological polar surface area (TPSA) is 37.4 Å². The zero-order valence-electron chi connectivity index (χ0n) is 16.3. The van der Waals surface area contributed by atoms with Crippen LogP contribution in [0.15, 0.2) is 83.8 Å². The Balaban J connectivity index is 2.04. The van der Waals surface area contributed by atoms with Crippen molar-refractivity contribution in [3.05, 3.63) is 95.8 Å². The molecule has 0 fully saturated rings. The smallest absolute Gasteiger partial charge is 0.262 e. The standard InChI is InChI=1S/C23H24FNO2S/c1-23(2,3)19-9-15-22(16-10-19)28(26,27)25(17-18-7-5-4-6-8-18)21-13-11-20(24)12-14-21/h4-16H,17H2,1-3H3. The molecular formula is C23H24FNO2S. The van der Waals surface area contributed by atoms with Crippen molar-refractivity contribution in [1.29, 1.82) is 0 Å². The Bertz CT molecular complexity index is 1020. The van der Waals surface area contributed by atoms with E-state index in [0.717, 1.165) is 11.1 Å². The first-order valence-corrected chi connectivity index (χ1v) is 10.5. The molecule has 3 nitrogen and oxygen atoms in total. The van der Waals surface area contributed by atoms with Crippen LogP contribution in [0.4, 0.5) is 10.1 Å². The molecule has 0 radical (unpaired) electrons. The number of nitrogens with zero attached hydrogens (tertiary/aromatic N) is 1. The Morgan fingerprint density at radius 2 is 1.39 bits per heavy atom. The lowest BCUT2D eigenvalue weighted by Crippen LogP contribution is -2.30. The van der Waals surface area contributed by atoms with Crippen LogP contribution in [0.3, 0.4) is 0 Å². The van der Waals surface area contributed by atoms with Crippen LogP contribution >= 0.6 is 0 Å². The van der Waals surface area contributed by atoms with Gasteiger partial charge < -0.3 is 0 Å². The van der Waals surface area contributed by atoms with Crippen molar-refractivity contribution in [3.8, 4) is 0 Å². The van der Waals surface area contributed by atoms with E-state index >= 15 is 0 Å². The van der Waals surface area contributed by atoms with E-state index in [1.54, 1.807) is 12.1 Å². The minimum absolute atomic E-state index is 0.0665. The molecule has 0 aliphatic carbocycles. The Morgan fingerprint density at radius 3 is 1.93 bits per heavy atom. The van der Waals surface area contributed by atoms with E-state index in [9.17, 15) is 12.8 Å². The van der Waals surface area contributed by atoms with Crippen LogP contribution in [-0.4, -0.2) is 8.42 Å². The van der Waals surface area contributed by atoms with E-state index in [-0.39, 0.29) is 16.9 Å². The fourth-order valence-electron chi connectivity index (χ4n) is 2.93. The maximum Gasteiger partial charge on any atom is 0.264 e. The Kier molecular flexibility index (Phi) is 5.57. The van der Waals surface area contributed by atoms with E-state index in [1.807, 2.05) is 42.5 Å². The maximum absolute atomic E-state index is 13.4. The number of halogens is 1. The fraction of sp³-hybridized carbons (Fsp3) is 0.217. The molecule has 0 spiro atoms. The van der Waals surface area contributed by atoms with Gasteiger partial charge >= 0.3 is 0 Å². The molecule has 0 N–H and O–H groups in total. The lowest BCUT2D eigenvalue weighted by molar-refractivity contribution is 0.584. The van der Waals surface area contributed by atoms with Gasteiger partial charge in [-0.25, -0.2) is 12.8 Å². The molecule has 0 saturated heterocycles. The van der Waals surface area contributed by atoms with Gasteiger partial charge in [0.25, 0.3) is 10.0 Å². The highest BCUT2D eigenvalue weighted by molar-refractivity contribution is 7.92. The summed E-state index contributed by atoms with van der Waals surface area (Å²) >= 11 is 0. The summed E-state index contributed by atoms with van der Waals surface area (Å²) in [6, 6.07) is 21.8. The molecule has 0 heterocycles. The number of anilines is 1. The van der Waals surface area contributed by atoms with Gasteiger partial charge in [0.05, 0.1) is 17.1 Å². The molecule has 0 aromatic heterocycles. The highest BCUT2D eigenvalue weighted by atomic mass is 32.2. The van der Waals surface area contributed by atoms with E-state index in [1.165, 1.54) is 28.6 Å². The second-order valence-corrected chi connectivity index (χ2v) is 9.61. The third kappa shape index (κ3) is 4.42. The molecule has 3 aromatic rings. The average Bonchev–Trinajstić information content (AvgIpc) is 2.67. The monoisotopic (exact) mass is 397 g/mol. The van der Waals surface area contributed by atoms with E-state index < -0.39 is 15.8 Å². The Hall–Kier alpha value is -2.66. The largest absolute Gasteiger partial charge is 0.264 e. The van der Waals surface area contributed by atoms with Crippen LogP contribution in [-0.2, 0) is 22.0 Å². The quantitative estimate of drug-likeness (QED) is 0.568. The predicted octanol–water partition coefficient (Wildman–Crippen LogP) is 5.52. The summed E-state index contributed by atoms with van der Waals surface area (Å²) in [6.07, 6.45) is 0. The summed E-state index contributed by atoms with van der Waals surface area (Å²) in [4.78, 5) is 0.209. The zero-order valence-corrected chi connectivity index (χ0v) is 17.1. The molecule has 0 atom stereocenters. The number of rotatable bonds is 5. The molecule has 0 aliphatic heterocycles. The molecule has 146 valence electrons. The first kappa shape index (κ1) is 20.1.